The molecule has 2 aliphatic heterocycles. The number of hydrogen-bond acceptors (Lipinski definition) is 6. The number of carbonyl (C=O) groups is 1. The predicted molar refractivity (Wildman–Crippen MR) is 119 cm³/mol. The Morgan fingerprint density at radius 2 is 1.97 bits per heavy atom. The van der Waals surface area contributed by atoms with Crippen molar-refractivity contribution in [1.82, 2.24) is 24.8 Å². The third-order valence-corrected chi connectivity index (χ3v) is 6.47. The number of aryl methyl sites for hydroxylation is 1. The van der Waals surface area contributed by atoms with E-state index >= 15 is 0 Å². The quantitative estimate of drug-likeness (QED) is 0.560. The minimum atomic E-state index is -0.0853. The highest BCUT2D eigenvalue weighted by atomic mass is 79.9. The fourth-order valence-corrected chi connectivity index (χ4v) is 4.79. The zero-order valence-corrected chi connectivity index (χ0v) is 18.7. The molecule has 0 radical (unpaired) electrons. The number of nitrogens with zero attached hydrogens (tertiary/aromatic N) is 5. The fraction of sp³-hybridized carbons (Fsp3) is 0.348. The molecule has 3 aromatic rings. The van der Waals surface area contributed by atoms with Crippen LogP contribution in [0, 0.1) is 12.8 Å². The summed E-state index contributed by atoms with van der Waals surface area (Å²) in [7, 11) is 0. The summed E-state index contributed by atoms with van der Waals surface area (Å²) in [6.45, 7) is 2.61. The lowest BCUT2D eigenvalue weighted by Gasteiger charge is -2.49. The van der Waals surface area contributed by atoms with Crippen LogP contribution in [0.1, 0.15) is 35.4 Å². The number of hydrogen-bond donors (Lipinski definition) is 0. The van der Waals surface area contributed by atoms with Gasteiger partial charge in [0.25, 0.3) is 5.91 Å². The van der Waals surface area contributed by atoms with Gasteiger partial charge in [-0.05, 0) is 72.3 Å². The Bertz CT molecular complexity index is 1090. The molecule has 3 atom stereocenters. The number of aromatic nitrogens is 4. The molecular formula is C23H22BrN5O2. The van der Waals surface area contributed by atoms with Crippen molar-refractivity contribution in [3.63, 3.8) is 0 Å². The van der Waals surface area contributed by atoms with E-state index in [2.05, 4.69) is 35.9 Å². The highest BCUT2D eigenvalue weighted by Crippen LogP contribution is 2.38. The van der Waals surface area contributed by atoms with E-state index in [0.717, 1.165) is 36.0 Å². The third kappa shape index (κ3) is 4.04. The Labute approximate surface area is 189 Å². The number of amides is 1. The molecule has 2 saturated heterocycles. The second kappa shape index (κ2) is 8.34. The van der Waals surface area contributed by atoms with Crippen molar-refractivity contribution >= 4 is 21.8 Å². The molecule has 8 heteroatoms. The van der Waals surface area contributed by atoms with Crippen molar-refractivity contribution in [2.45, 2.75) is 38.3 Å². The van der Waals surface area contributed by atoms with Gasteiger partial charge in [-0.1, -0.05) is 0 Å². The van der Waals surface area contributed by atoms with E-state index in [4.69, 9.17) is 4.74 Å². The largest absolute Gasteiger partial charge is 0.472 e. The van der Waals surface area contributed by atoms with E-state index < -0.39 is 0 Å². The van der Waals surface area contributed by atoms with E-state index in [1.54, 1.807) is 24.7 Å². The van der Waals surface area contributed by atoms with Crippen LogP contribution in [0.4, 0.5) is 0 Å². The van der Waals surface area contributed by atoms with Crippen LogP contribution in [0.5, 0.6) is 5.88 Å². The molecule has 158 valence electrons. The molecule has 0 unspecified atom stereocenters. The molecule has 0 spiro atoms. The van der Waals surface area contributed by atoms with Gasteiger partial charge in [0.2, 0.25) is 5.88 Å². The summed E-state index contributed by atoms with van der Waals surface area (Å²) in [5.74, 6) is 1.42. The lowest BCUT2D eigenvalue weighted by atomic mass is 9.77. The van der Waals surface area contributed by atoms with Crippen molar-refractivity contribution < 1.29 is 9.53 Å². The zero-order chi connectivity index (χ0) is 21.4. The standard InChI is InChI=1S/C23H22BrN5O2/c1-14-3-6-17(22-25-9-2-10-26-22)21(28-14)23(30)29-13-15-4-7-18(29)19(11-15)31-20-8-5-16(24)12-27-20/h2-3,5-6,8-10,12,15,18-19H,4,7,11,13H2,1H3/t15-,18+,19-/m1/s1. The van der Waals surface area contributed by atoms with Gasteiger partial charge < -0.3 is 9.64 Å². The van der Waals surface area contributed by atoms with Crippen LogP contribution in [-0.2, 0) is 0 Å². The Morgan fingerprint density at radius 3 is 2.71 bits per heavy atom. The van der Waals surface area contributed by atoms with Crippen LogP contribution in [0.3, 0.4) is 0 Å². The SMILES string of the molecule is Cc1ccc(-c2ncccn2)c(C(=O)N2C[C@@H]3CC[C@H]2[C@H](Oc2ccc(Br)cn2)C3)n1. The number of ether oxygens (including phenoxy) is 1. The number of rotatable bonds is 4. The van der Waals surface area contributed by atoms with Crippen molar-refractivity contribution in [1.29, 1.82) is 0 Å². The van der Waals surface area contributed by atoms with Gasteiger partial charge in [0.05, 0.1) is 11.6 Å². The maximum atomic E-state index is 13.7. The summed E-state index contributed by atoms with van der Waals surface area (Å²) >= 11 is 3.40. The van der Waals surface area contributed by atoms with Gasteiger partial charge in [0.15, 0.2) is 5.82 Å². The first-order valence-corrected chi connectivity index (χ1v) is 11.2. The van der Waals surface area contributed by atoms with Gasteiger partial charge in [0.1, 0.15) is 11.8 Å². The minimum Gasteiger partial charge on any atom is -0.472 e. The summed E-state index contributed by atoms with van der Waals surface area (Å²) in [5.41, 5.74) is 1.85. The monoisotopic (exact) mass is 479 g/mol. The minimum absolute atomic E-state index is 0.00481. The van der Waals surface area contributed by atoms with E-state index in [-0.39, 0.29) is 18.1 Å². The van der Waals surface area contributed by atoms with Crippen molar-refractivity contribution in [3.05, 3.63) is 64.8 Å². The third-order valence-electron chi connectivity index (χ3n) is 6.00. The normalized spacial score (nSPS) is 22.4. The van der Waals surface area contributed by atoms with Crippen molar-refractivity contribution in [2.75, 3.05) is 6.54 Å². The number of fused-ring (bicyclic) bond motifs is 3. The lowest BCUT2D eigenvalue weighted by Crippen LogP contribution is -2.59. The average Bonchev–Trinajstić information content (AvgIpc) is 2.81. The topological polar surface area (TPSA) is 81.1 Å². The average molecular weight is 480 g/mol. The van der Waals surface area contributed by atoms with Gasteiger partial charge in [-0.25, -0.2) is 19.9 Å². The summed E-state index contributed by atoms with van der Waals surface area (Å²) < 4.78 is 7.13. The molecule has 7 nitrogen and oxygen atoms in total. The van der Waals surface area contributed by atoms with Crippen LogP contribution in [0.2, 0.25) is 0 Å². The zero-order valence-electron chi connectivity index (χ0n) is 17.1. The van der Waals surface area contributed by atoms with Crippen LogP contribution < -0.4 is 4.74 Å². The number of carbonyl (C=O) groups excluding carboxylic acids is 1. The molecule has 3 aliphatic rings. The van der Waals surface area contributed by atoms with E-state index in [0.29, 0.717) is 28.9 Å². The first kappa shape index (κ1) is 20.1. The highest BCUT2D eigenvalue weighted by molar-refractivity contribution is 9.10. The molecular weight excluding hydrogens is 458 g/mol. The molecule has 1 aliphatic carbocycles. The van der Waals surface area contributed by atoms with Gasteiger partial charge in [0, 0.05) is 41.4 Å². The van der Waals surface area contributed by atoms with Gasteiger partial charge in [-0.3, -0.25) is 4.79 Å². The number of halogens is 1. The second-order valence-corrected chi connectivity index (χ2v) is 9.01. The Morgan fingerprint density at radius 1 is 1.13 bits per heavy atom. The lowest BCUT2D eigenvalue weighted by molar-refractivity contribution is -0.0315. The molecule has 5 heterocycles. The van der Waals surface area contributed by atoms with Gasteiger partial charge in [-0.2, -0.15) is 0 Å². The maximum Gasteiger partial charge on any atom is 0.273 e. The maximum absolute atomic E-state index is 13.7. The Kier molecular flexibility index (Phi) is 5.40. The molecule has 0 N–H and O–H groups in total. The molecule has 0 aromatic carbocycles. The molecule has 6 rings (SSSR count). The van der Waals surface area contributed by atoms with Crippen LogP contribution in [0.15, 0.2) is 53.4 Å². The van der Waals surface area contributed by atoms with Crippen molar-refractivity contribution in [2.24, 2.45) is 5.92 Å². The van der Waals surface area contributed by atoms with Crippen LogP contribution in [-0.4, -0.2) is 49.4 Å². The second-order valence-electron chi connectivity index (χ2n) is 8.10. The number of piperidine rings is 2. The Hall–Kier alpha value is -2.87. The smallest absolute Gasteiger partial charge is 0.273 e. The molecule has 1 amide bonds. The highest BCUT2D eigenvalue weighted by Gasteiger charge is 2.45. The molecule has 3 aromatic heterocycles. The molecule has 2 bridgehead atoms. The summed E-state index contributed by atoms with van der Waals surface area (Å²) in [6.07, 6.45) is 7.96. The van der Waals surface area contributed by atoms with E-state index in [1.807, 2.05) is 36.1 Å². The van der Waals surface area contributed by atoms with Gasteiger partial charge >= 0.3 is 0 Å². The first-order valence-electron chi connectivity index (χ1n) is 10.4. The fourth-order valence-electron chi connectivity index (χ4n) is 4.55. The summed E-state index contributed by atoms with van der Waals surface area (Å²) in [6, 6.07) is 9.28. The van der Waals surface area contributed by atoms with Crippen molar-refractivity contribution in [3.8, 4) is 17.3 Å². The number of pyridine rings is 2. The predicted octanol–water partition coefficient (Wildman–Crippen LogP) is 4.08. The molecule has 31 heavy (non-hydrogen) atoms. The van der Waals surface area contributed by atoms with Crippen LogP contribution >= 0.6 is 15.9 Å². The summed E-state index contributed by atoms with van der Waals surface area (Å²) in [4.78, 5) is 33.3. The Balaban J connectivity index is 1.44. The van der Waals surface area contributed by atoms with E-state index in [9.17, 15) is 4.79 Å². The molecule has 3 fully saturated rings. The summed E-state index contributed by atoms with van der Waals surface area (Å²) in [5, 5.41) is 0. The van der Waals surface area contributed by atoms with E-state index in [1.165, 1.54) is 0 Å². The van der Waals surface area contributed by atoms with Crippen LogP contribution in [0.25, 0.3) is 11.4 Å². The van der Waals surface area contributed by atoms with Gasteiger partial charge in [-0.15, -0.1) is 0 Å². The first-order chi connectivity index (χ1) is 15.1. The molecule has 1 saturated carbocycles.